The lowest BCUT2D eigenvalue weighted by Gasteiger charge is -2.11. The van der Waals surface area contributed by atoms with Gasteiger partial charge in [-0.2, -0.15) is 0 Å². The molecule has 1 saturated carbocycles. The van der Waals surface area contributed by atoms with Crippen molar-refractivity contribution in [1.29, 1.82) is 0 Å². The number of anilines is 2. The van der Waals surface area contributed by atoms with Crippen LogP contribution in [-0.4, -0.2) is 16.1 Å². The Morgan fingerprint density at radius 2 is 1.94 bits per heavy atom. The molecule has 1 amide bonds. The molecule has 1 aromatic heterocycles. The summed E-state index contributed by atoms with van der Waals surface area (Å²) in [6, 6.07) is 0. The maximum Gasteiger partial charge on any atom is 0.229 e. The number of nitrogen functional groups attached to an aromatic ring is 1. The van der Waals surface area contributed by atoms with Gasteiger partial charge in [-0.25, -0.2) is 0 Å². The summed E-state index contributed by atoms with van der Waals surface area (Å²) in [5.41, 5.74) is 5.45. The molecule has 1 aliphatic carbocycles. The third-order valence-electron chi connectivity index (χ3n) is 2.90. The Hall–Kier alpha value is -1.17. The minimum atomic E-state index is 0.0676. The molecule has 0 atom stereocenters. The fourth-order valence-electron chi connectivity index (χ4n) is 2.03. The summed E-state index contributed by atoms with van der Waals surface area (Å²) >= 11 is 1.21. The minimum absolute atomic E-state index is 0.0676. The first-order chi connectivity index (χ1) is 7.75. The molecule has 0 saturated heterocycles. The molecule has 0 bridgehead atoms. The molecule has 2 rings (SSSR count). The van der Waals surface area contributed by atoms with Gasteiger partial charge in [0.15, 0.2) is 0 Å². The van der Waals surface area contributed by atoms with Crippen LogP contribution in [0.5, 0.6) is 0 Å². The van der Waals surface area contributed by atoms with Gasteiger partial charge in [0.25, 0.3) is 0 Å². The number of carbonyl (C=O) groups is 1. The van der Waals surface area contributed by atoms with Gasteiger partial charge in [0.1, 0.15) is 0 Å². The molecule has 0 radical (unpaired) electrons. The molecule has 0 unspecified atom stereocenters. The second-order valence-corrected chi connectivity index (χ2v) is 5.13. The van der Waals surface area contributed by atoms with Gasteiger partial charge in [-0.1, -0.05) is 37.0 Å². The third-order valence-corrected chi connectivity index (χ3v) is 3.56. The first-order valence-electron chi connectivity index (χ1n) is 5.65. The van der Waals surface area contributed by atoms with E-state index in [1.165, 1.54) is 24.2 Å². The zero-order chi connectivity index (χ0) is 11.4. The van der Waals surface area contributed by atoms with Crippen molar-refractivity contribution < 1.29 is 4.79 Å². The molecule has 0 aromatic carbocycles. The fraction of sp³-hybridized carbons (Fsp3) is 0.700. The van der Waals surface area contributed by atoms with E-state index < -0.39 is 0 Å². The maximum atomic E-state index is 11.9. The van der Waals surface area contributed by atoms with Crippen molar-refractivity contribution in [2.24, 2.45) is 5.92 Å². The Bertz CT molecular complexity index is 357. The molecule has 0 aliphatic heterocycles. The normalized spacial score (nSPS) is 18.0. The van der Waals surface area contributed by atoms with Crippen LogP contribution < -0.4 is 11.1 Å². The van der Waals surface area contributed by atoms with E-state index in [0.717, 1.165) is 25.7 Å². The number of rotatable bonds is 2. The van der Waals surface area contributed by atoms with E-state index >= 15 is 0 Å². The molecule has 1 fully saturated rings. The quantitative estimate of drug-likeness (QED) is 0.775. The minimum Gasteiger partial charge on any atom is -0.374 e. The van der Waals surface area contributed by atoms with E-state index in [-0.39, 0.29) is 11.8 Å². The molecule has 88 valence electrons. The fourth-order valence-corrected chi connectivity index (χ4v) is 2.55. The lowest BCUT2D eigenvalue weighted by molar-refractivity contribution is -0.120. The van der Waals surface area contributed by atoms with Crippen LogP contribution in [0.2, 0.25) is 0 Å². The molecule has 16 heavy (non-hydrogen) atoms. The van der Waals surface area contributed by atoms with E-state index in [1.807, 2.05) is 0 Å². The molecule has 1 heterocycles. The molecule has 1 aromatic rings. The molecule has 6 heteroatoms. The van der Waals surface area contributed by atoms with E-state index in [2.05, 4.69) is 15.5 Å². The van der Waals surface area contributed by atoms with Gasteiger partial charge in [-0.15, -0.1) is 10.2 Å². The summed E-state index contributed by atoms with van der Waals surface area (Å²) in [7, 11) is 0. The summed E-state index contributed by atoms with van der Waals surface area (Å²) < 4.78 is 0. The summed E-state index contributed by atoms with van der Waals surface area (Å²) in [5, 5.41) is 11.1. The van der Waals surface area contributed by atoms with E-state index in [0.29, 0.717) is 10.3 Å². The topological polar surface area (TPSA) is 80.9 Å². The molecular formula is C10H16N4OS. The smallest absolute Gasteiger partial charge is 0.229 e. The molecular weight excluding hydrogens is 224 g/mol. The summed E-state index contributed by atoms with van der Waals surface area (Å²) in [6.45, 7) is 0. The van der Waals surface area contributed by atoms with Crippen LogP contribution in [0, 0.1) is 5.92 Å². The van der Waals surface area contributed by atoms with Crippen molar-refractivity contribution in [2.45, 2.75) is 38.5 Å². The molecule has 3 N–H and O–H groups in total. The average Bonchev–Trinajstić information content (AvgIpc) is 2.56. The van der Waals surface area contributed by atoms with Crippen LogP contribution in [0.3, 0.4) is 0 Å². The summed E-state index contributed by atoms with van der Waals surface area (Å²) in [5.74, 6) is 0.200. The van der Waals surface area contributed by atoms with Crippen molar-refractivity contribution >= 4 is 27.5 Å². The van der Waals surface area contributed by atoms with Crippen molar-refractivity contribution in [3.05, 3.63) is 0 Å². The highest BCUT2D eigenvalue weighted by molar-refractivity contribution is 7.18. The van der Waals surface area contributed by atoms with Crippen LogP contribution in [0.4, 0.5) is 10.3 Å². The number of nitrogens with zero attached hydrogens (tertiary/aromatic N) is 2. The number of nitrogens with two attached hydrogens (primary N) is 1. The Morgan fingerprint density at radius 3 is 2.50 bits per heavy atom. The van der Waals surface area contributed by atoms with E-state index in [1.54, 1.807) is 0 Å². The van der Waals surface area contributed by atoms with Crippen LogP contribution in [-0.2, 0) is 4.79 Å². The molecule has 1 aliphatic rings. The lowest BCUT2D eigenvalue weighted by atomic mass is 10.00. The first kappa shape index (κ1) is 11.3. The van der Waals surface area contributed by atoms with Crippen LogP contribution in [0.1, 0.15) is 38.5 Å². The maximum absolute atomic E-state index is 11.9. The van der Waals surface area contributed by atoms with Crippen molar-refractivity contribution in [3.63, 3.8) is 0 Å². The predicted octanol–water partition coefficient (Wildman–Crippen LogP) is 2.03. The van der Waals surface area contributed by atoms with E-state index in [4.69, 9.17) is 5.73 Å². The van der Waals surface area contributed by atoms with Gasteiger partial charge in [0.2, 0.25) is 16.2 Å². The largest absolute Gasteiger partial charge is 0.374 e. The van der Waals surface area contributed by atoms with Crippen LogP contribution in [0.15, 0.2) is 0 Å². The second-order valence-electron chi connectivity index (χ2n) is 4.12. The van der Waals surface area contributed by atoms with Crippen LogP contribution in [0.25, 0.3) is 0 Å². The van der Waals surface area contributed by atoms with Crippen molar-refractivity contribution in [3.8, 4) is 0 Å². The third kappa shape index (κ3) is 2.91. The average molecular weight is 240 g/mol. The highest BCUT2D eigenvalue weighted by Gasteiger charge is 2.20. The Labute approximate surface area is 98.4 Å². The first-order valence-corrected chi connectivity index (χ1v) is 6.47. The van der Waals surface area contributed by atoms with E-state index in [9.17, 15) is 4.79 Å². The Kier molecular flexibility index (Phi) is 3.71. The highest BCUT2D eigenvalue weighted by Crippen LogP contribution is 2.25. The number of aromatic nitrogens is 2. The second kappa shape index (κ2) is 5.25. The Balaban J connectivity index is 1.91. The summed E-state index contributed by atoms with van der Waals surface area (Å²) in [4.78, 5) is 11.9. The monoisotopic (exact) mass is 240 g/mol. The summed E-state index contributed by atoms with van der Waals surface area (Å²) in [6.07, 6.45) is 6.76. The van der Waals surface area contributed by atoms with Crippen molar-refractivity contribution in [1.82, 2.24) is 10.2 Å². The van der Waals surface area contributed by atoms with Gasteiger partial charge < -0.3 is 11.1 Å². The standard InChI is InChI=1S/C10H16N4OS/c11-9-13-14-10(16-9)12-8(15)7-5-3-1-2-4-6-7/h7H,1-6H2,(H2,11,13)(H,12,14,15). The molecule has 0 spiro atoms. The Morgan fingerprint density at radius 1 is 1.25 bits per heavy atom. The predicted molar refractivity (Wildman–Crippen MR) is 64.1 cm³/mol. The number of hydrogen-bond acceptors (Lipinski definition) is 5. The van der Waals surface area contributed by atoms with Gasteiger partial charge in [0.05, 0.1) is 0 Å². The number of carbonyl (C=O) groups excluding carboxylic acids is 1. The number of nitrogens with one attached hydrogen (secondary N) is 1. The SMILES string of the molecule is Nc1nnc(NC(=O)C2CCCCCC2)s1. The van der Waals surface area contributed by atoms with Crippen LogP contribution >= 0.6 is 11.3 Å². The number of hydrogen-bond donors (Lipinski definition) is 2. The van der Waals surface area contributed by atoms with Gasteiger partial charge in [-0.05, 0) is 12.8 Å². The lowest BCUT2D eigenvalue weighted by Crippen LogP contribution is -2.22. The highest BCUT2D eigenvalue weighted by atomic mass is 32.1. The van der Waals surface area contributed by atoms with Gasteiger partial charge in [0, 0.05) is 5.92 Å². The van der Waals surface area contributed by atoms with Gasteiger partial charge in [-0.3, -0.25) is 4.79 Å². The number of amides is 1. The zero-order valence-electron chi connectivity index (χ0n) is 9.11. The van der Waals surface area contributed by atoms with Gasteiger partial charge >= 0.3 is 0 Å². The van der Waals surface area contributed by atoms with Crippen molar-refractivity contribution in [2.75, 3.05) is 11.1 Å². The molecule has 5 nitrogen and oxygen atoms in total. The zero-order valence-corrected chi connectivity index (χ0v) is 9.92.